The smallest absolute Gasteiger partial charge is 0.336 e. The van der Waals surface area contributed by atoms with Crippen molar-refractivity contribution in [3.8, 4) is 0 Å². The minimum atomic E-state index is -0.334. The second kappa shape index (κ2) is 6.57. The number of aryl methyl sites for hydroxylation is 2. The van der Waals surface area contributed by atoms with E-state index in [1.165, 1.54) is 16.5 Å². The monoisotopic (exact) mass is 326 g/mol. The lowest BCUT2D eigenvalue weighted by molar-refractivity contribution is -0.907. The molecule has 0 spiro atoms. The number of quaternary nitrogens is 1. The normalized spacial score (nSPS) is 12.5. The molecule has 1 aromatic heterocycles. The summed E-state index contributed by atoms with van der Waals surface area (Å²) in [5.41, 5.74) is 4.45. The van der Waals surface area contributed by atoms with Crippen LogP contribution < -0.4 is 10.5 Å². The second-order valence-corrected chi connectivity index (χ2v) is 6.46. The summed E-state index contributed by atoms with van der Waals surface area (Å²) in [4.78, 5) is 13.0. The molecule has 4 heteroatoms. The van der Waals surface area contributed by atoms with Gasteiger partial charge in [0, 0.05) is 22.6 Å². The largest absolute Gasteiger partial charge is 0.423 e. The molecule has 2 aromatic carbocycles. The zero-order valence-electron chi connectivity index (χ0n) is 14.2. The first-order valence-electron chi connectivity index (χ1n) is 8.02. The molecule has 1 atom stereocenters. The van der Waals surface area contributed by atoms with Gasteiger partial charge >= 0.3 is 5.63 Å². The molecule has 3 aromatic rings. The summed E-state index contributed by atoms with van der Waals surface area (Å²) in [6, 6.07) is 12.2. The van der Waals surface area contributed by atoms with Gasteiger partial charge < -0.3 is 9.32 Å². The third kappa shape index (κ3) is 3.54. The number of halogens is 1. The SMILES string of the molecule is Cc1cc2oc(=O)cc(C[NH+](C)Cc3cccc(F)c3)c2cc1C. The molecular weight excluding hydrogens is 305 g/mol. The van der Waals surface area contributed by atoms with Gasteiger partial charge in [-0.2, -0.15) is 0 Å². The van der Waals surface area contributed by atoms with Crippen LogP contribution in [0, 0.1) is 19.7 Å². The predicted octanol–water partition coefficient (Wildman–Crippen LogP) is 2.76. The molecule has 3 rings (SSSR count). The van der Waals surface area contributed by atoms with Crippen molar-refractivity contribution < 1.29 is 13.7 Å². The lowest BCUT2D eigenvalue weighted by Gasteiger charge is -2.15. The topological polar surface area (TPSA) is 34.6 Å². The van der Waals surface area contributed by atoms with Crippen molar-refractivity contribution in [2.24, 2.45) is 0 Å². The number of fused-ring (bicyclic) bond motifs is 1. The van der Waals surface area contributed by atoms with Crippen LogP contribution >= 0.6 is 0 Å². The van der Waals surface area contributed by atoms with Crippen molar-refractivity contribution in [2.45, 2.75) is 26.9 Å². The predicted molar refractivity (Wildman–Crippen MR) is 92.7 cm³/mol. The van der Waals surface area contributed by atoms with E-state index in [1.807, 2.05) is 33.0 Å². The van der Waals surface area contributed by atoms with Gasteiger partial charge in [-0.05, 0) is 49.2 Å². The zero-order valence-corrected chi connectivity index (χ0v) is 14.2. The Morgan fingerprint density at radius 1 is 1.04 bits per heavy atom. The van der Waals surface area contributed by atoms with Crippen molar-refractivity contribution >= 4 is 11.0 Å². The first-order chi connectivity index (χ1) is 11.4. The fourth-order valence-electron chi connectivity index (χ4n) is 3.01. The summed E-state index contributed by atoms with van der Waals surface area (Å²) in [6.07, 6.45) is 0. The number of hydrogen-bond donors (Lipinski definition) is 1. The second-order valence-electron chi connectivity index (χ2n) is 6.46. The molecule has 1 unspecified atom stereocenters. The minimum absolute atomic E-state index is 0.225. The summed E-state index contributed by atoms with van der Waals surface area (Å²) in [5.74, 6) is -0.225. The van der Waals surface area contributed by atoms with Gasteiger partial charge in [-0.15, -0.1) is 0 Å². The van der Waals surface area contributed by atoms with Gasteiger partial charge in [-0.3, -0.25) is 0 Å². The summed E-state index contributed by atoms with van der Waals surface area (Å²) >= 11 is 0. The third-order valence-corrected chi connectivity index (χ3v) is 4.33. The number of nitrogens with one attached hydrogen (secondary N) is 1. The van der Waals surface area contributed by atoms with E-state index in [2.05, 4.69) is 6.07 Å². The fourth-order valence-corrected chi connectivity index (χ4v) is 3.01. The average molecular weight is 326 g/mol. The molecule has 0 bridgehead atoms. The van der Waals surface area contributed by atoms with Gasteiger partial charge in [0.15, 0.2) is 0 Å². The summed E-state index contributed by atoms with van der Waals surface area (Å²) in [7, 11) is 2.03. The minimum Gasteiger partial charge on any atom is -0.423 e. The molecule has 0 aliphatic heterocycles. The quantitative estimate of drug-likeness (QED) is 0.748. The molecule has 0 saturated heterocycles. The maximum atomic E-state index is 13.3. The summed E-state index contributed by atoms with van der Waals surface area (Å²) in [6.45, 7) is 5.40. The van der Waals surface area contributed by atoms with Crippen molar-refractivity contribution in [1.82, 2.24) is 0 Å². The van der Waals surface area contributed by atoms with E-state index in [1.54, 1.807) is 18.2 Å². The molecule has 0 amide bonds. The molecule has 1 N–H and O–H groups in total. The fraction of sp³-hybridized carbons (Fsp3) is 0.250. The highest BCUT2D eigenvalue weighted by Gasteiger charge is 2.12. The van der Waals surface area contributed by atoms with Gasteiger partial charge in [-0.1, -0.05) is 12.1 Å². The van der Waals surface area contributed by atoms with Crippen LogP contribution in [0.3, 0.4) is 0 Å². The van der Waals surface area contributed by atoms with Crippen LogP contribution in [-0.4, -0.2) is 7.05 Å². The lowest BCUT2D eigenvalue weighted by atomic mass is 10.0. The number of hydrogen-bond acceptors (Lipinski definition) is 2. The molecule has 24 heavy (non-hydrogen) atoms. The molecule has 124 valence electrons. The van der Waals surface area contributed by atoms with Gasteiger partial charge in [0.2, 0.25) is 0 Å². The van der Waals surface area contributed by atoms with Crippen LogP contribution in [0.25, 0.3) is 11.0 Å². The van der Waals surface area contributed by atoms with Crippen LogP contribution in [0.15, 0.2) is 51.7 Å². The maximum absolute atomic E-state index is 13.3. The van der Waals surface area contributed by atoms with Crippen molar-refractivity contribution in [1.29, 1.82) is 0 Å². The van der Waals surface area contributed by atoms with Crippen molar-refractivity contribution in [3.05, 3.63) is 81.0 Å². The van der Waals surface area contributed by atoms with E-state index in [-0.39, 0.29) is 11.4 Å². The molecule has 0 aliphatic rings. The van der Waals surface area contributed by atoms with E-state index in [0.717, 1.165) is 22.1 Å². The Balaban J connectivity index is 1.91. The molecule has 0 radical (unpaired) electrons. The molecule has 3 nitrogen and oxygen atoms in total. The Hall–Kier alpha value is -2.46. The van der Waals surface area contributed by atoms with E-state index < -0.39 is 0 Å². The van der Waals surface area contributed by atoms with E-state index in [4.69, 9.17) is 4.42 Å². The van der Waals surface area contributed by atoms with Crippen LogP contribution in [0.4, 0.5) is 4.39 Å². The molecule has 1 heterocycles. The van der Waals surface area contributed by atoms with Crippen molar-refractivity contribution in [2.75, 3.05) is 7.05 Å². The molecular formula is C20H21FNO2+. The Morgan fingerprint density at radius 3 is 2.54 bits per heavy atom. The van der Waals surface area contributed by atoms with E-state index >= 15 is 0 Å². The Morgan fingerprint density at radius 2 is 1.79 bits per heavy atom. The highest BCUT2D eigenvalue weighted by molar-refractivity contribution is 5.81. The van der Waals surface area contributed by atoms with E-state index in [9.17, 15) is 9.18 Å². The number of rotatable bonds is 4. The zero-order chi connectivity index (χ0) is 17.3. The van der Waals surface area contributed by atoms with Crippen LogP contribution in [0.5, 0.6) is 0 Å². The Bertz CT molecular complexity index is 946. The third-order valence-electron chi connectivity index (χ3n) is 4.33. The Labute approximate surface area is 140 Å². The highest BCUT2D eigenvalue weighted by atomic mass is 19.1. The average Bonchev–Trinajstić information content (AvgIpc) is 2.49. The Kier molecular flexibility index (Phi) is 4.49. The summed E-state index contributed by atoms with van der Waals surface area (Å²) in [5, 5.41) is 0.969. The first kappa shape index (κ1) is 16.4. The lowest BCUT2D eigenvalue weighted by Crippen LogP contribution is -3.06. The van der Waals surface area contributed by atoms with Gasteiger partial charge in [0.1, 0.15) is 24.5 Å². The number of benzene rings is 2. The van der Waals surface area contributed by atoms with E-state index in [0.29, 0.717) is 18.7 Å². The van der Waals surface area contributed by atoms with Gasteiger partial charge in [0.05, 0.1) is 7.05 Å². The van der Waals surface area contributed by atoms with Gasteiger partial charge in [0.25, 0.3) is 0 Å². The van der Waals surface area contributed by atoms with Crippen LogP contribution in [0.2, 0.25) is 0 Å². The standard InChI is InChI=1S/C20H20FNO2/c1-13-7-18-16(10-20(23)24-19(18)8-14(13)2)12-22(3)11-15-5-4-6-17(21)9-15/h4-10H,11-12H2,1-3H3/p+1. The van der Waals surface area contributed by atoms with Crippen LogP contribution in [-0.2, 0) is 13.1 Å². The van der Waals surface area contributed by atoms with Crippen molar-refractivity contribution in [3.63, 3.8) is 0 Å². The van der Waals surface area contributed by atoms with Crippen LogP contribution in [0.1, 0.15) is 22.3 Å². The first-order valence-corrected chi connectivity index (χ1v) is 8.02. The molecule has 0 fully saturated rings. The molecule has 0 aliphatic carbocycles. The molecule has 0 saturated carbocycles. The maximum Gasteiger partial charge on any atom is 0.336 e. The summed E-state index contributed by atoms with van der Waals surface area (Å²) < 4.78 is 18.7. The highest BCUT2D eigenvalue weighted by Crippen LogP contribution is 2.21. The van der Waals surface area contributed by atoms with Gasteiger partial charge in [-0.25, -0.2) is 9.18 Å².